The van der Waals surface area contributed by atoms with Gasteiger partial charge in [0, 0.05) is 24.5 Å². The lowest BCUT2D eigenvalue weighted by atomic mass is 10.2. The molecule has 0 amide bonds. The summed E-state index contributed by atoms with van der Waals surface area (Å²) in [7, 11) is 0. The van der Waals surface area contributed by atoms with Gasteiger partial charge in [0.05, 0.1) is 22.3 Å². The average Bonchev–Trinajstić information content (AvgIpc) is 2.85. The number of aromatic nitrogens is 2. The molecule has 94 valence electrons. The van der Waals surface area contributed by atoms with Crippen molar-refractivity contribution in [3.63, 3.8) is 0 Å². The van der Waals surface area contributed by atoms with Crippen LogP contribution in [0.25, 0.3) is 0 Å². The van der Waals surface area contributed by atoms with Crippen LogP contribution in [0.2, 0.25) is 0 Å². The van der Waals surface area contributed by atoms with Crippen LogP contribution in [0.15, 0.2) is 30.6 Å². The van der Waals surface area contributed by atoms with Crippen LogP contribution in [-0.4, -0.2) is 14.9 Å². The highest BCUT2D eigenvalue weighted by molar-refractivity contribution is 5.69. The van der Waals surface area contributed by atoms with Crippen LogP contribution in [0.4, 0.5) is 17.1 Å². The van der Waals surface area contributed by atoms with Crippen molar-refractivity contribution in [1.29, 1.82) is 0 Å². The molecule has 0 bridgehead atoms. The highest BCUT2D eigenvalue weighted by Crippen LogP contribution is 2.26. The molecule has 2 rings (SSSR count). The molecular formula is C11H13N5O2. The molecule has 7 nitrogen and oxygen atoms in total. The Morgan fingerprint density at radius 1 is 1.56 bits per heavy atom. The Kier molecular flexibility index (Phi) is 3.13. The van der Waals surface area contributed by atoms with Gasteiger partial charge in [-0.3, -0.25) is 10.1 Å². The minimum absolute atomic E-state index is 0.0244. The van der Waals surface area contributed by atoms with Gasteiger partial charge >= 0.3 is 0 Å². The van der Waals surface area contributed by atoms with Crippen LogP contribution in [0.5, 0.6) is 0 Å². The predicted octanol–water partition coefficient (Wildman–Crippen LogP) is 2.07. The van der Waals surface area contributed by atoms with Crippen molar-refractivity contribution in [2.45, 2.75) is 13.0 Å². The second-order valence-electron chi connectivity index (χ2n) is 3.87. The molecule has 0 saturated heterocycles. The normalized spacial score (nSPS) is 12.1. The van der Waals surface area contributed by atoms with E-state index in [-0.39, 0.29) is 11.7 Å². The van der Waals surface area contributed by atoms with E-state index in [4.69, 9.17) is 5.73 Å². The first-order valence-corrected chi connectivity index (χ1v) is 5.37. The maximum Gasteiger partial charge on any atom is 0.271 e. The zero-order valence-electron chi connectivity index (χ0n) is 9.75. The van der Waals surface area contributed by atoms with Gasteiger partial charge in [-0.2, -0.15) is 0 Å². The Hall–Kier alpha value is -2.57. The minimum Gasteiger partial charge on any atom is -0.397 e. The van der Waals surface area contributed by atoms with Crippen LogP contribution in [0, 0.1) is 10.1 Å². The number of nitrogen functional groups attached to an aromatic ring is 1. The molecule has 0 spiro atoms. The quantitative estimate of drug-likeness (QED) is 0.435. The summed E-state index contributed by atoms with van der Waals surface area (Å²) in [6.07, 6.45) is 3.39. The van der Waals surface area contributed by atoms with Gasteiger partial charge in [-0.15, -0.1) is 0 Å². The fourth-order valence-corrected chi connectivity index (χ4v) is 1.61. The van der Waals surface area contributed by atoms with E-state index >= 15 is 0 Å². The number of non-ortho nitro benzene ring substituents is 1. The topological polar surface area (TPSA) is 110 Å². The second-order valence-corrected chi connectivity index (χ2v) is 3.87. The lowest BCUT2D eigenvalue weighted by Gasteiger charge is -2.14. The fraction of sp³-hybridized carbons (Fsp3) is 0.182. The molecule has 0 aliphatic heterocycles. The Balaban J connectivity index is 2.17. The molecule has 0 aliphatic rings. The first-order chi connectivity index (χ1) is 8.58. The van der Waals surface area contributed by atoms with Crippen molar-refractivity contribution in [2.24, 2.45) is 0 Å². The van der Waals surface area contributed by atoms with Crippen LogP contribution in [-0.2, 0) is 0 Å². The van der Waals surface area contributed by atoms with Crippen molar-refractivity contribution in [3.05, 3.63) is 46.5 Å². The Labute approximate surface area is 103 Å². The molecule has 7 heteroatoms. The number of nitro benzene ring substituents is 1. The van der Waals surface area contributed by atoms with E-state index in [9.17, 15) is 10.1 Å². The third kappa shape index (κ3) is 2.40. The second kappa shape index (κ2) is 4.74. The van der Waals surface area contributed by atoms with E-state index in [0.717, 1.165) is 5.82 Å². The minimum atomic E-state index is -0.476. The molecule has 1 aromatic heterocycles. The van der Waals surface area contributed by atoms with Gasteiger partial charge in [0.2, 0.25) is 0 Å². The number of imidazole rings is 1. The van der Waals surface area contributed by atoms with Gasteiger partial charge in [0.25, 0.3) is 5.69 Å². The zero-order chi connectivity index (χ0) is 13.1. The summed E-state index contributed by atoms with van der Waals surface area (Å²) in [6, 6.07) is 4.27. The van der Waals surface area contributed by atoms with E-state index in [1.165, 1.54) is 12.1 Å². The van der Waals surface area contributed by atoms with Gasteiger partial charge in [0.15, 0.2) is 0 Å². The summed E-state index contributed by atoms with van der Waals surface area (Å²) in [5.41, 5.74) is 6.72. The number of aromatic amines is 1. The van der Waals surface area contributed by atoms with E-state index in [1.807, 2.05) is 6.92 Å². The predicted molar refractivity (Wildman–Crippen MR) is 68.1 cm³/mol. The van der Waals surface area contributed by atoms with E-state index < -0.39 is 4.92 Å². The van der Waals surface area contributed by atoms with Crippen LogP contribution >= 0.6 is 0 Å². The first-order valence-electron chi connectivity index (χ1n) is 5.37. The molecule has 2 aromatic rings. The smallest absolute Gasteiger partial charge is 0.271 e. The molecule has 1 heterocycles. The van der Waals surface area contributed by atoms with Gasteiger partial charge < -0.3 is 16.0 Å². The Bertz CT molecular complexity index is 553. The summed E-state index contributed by atoms with van der Waals surface area (Å²) in [6.45, 7) is 1.92. The summed E-state index contributed by atoms with van der Waals surface area (Å²) < 4.78 is 0. The highest BCUT2D eigenvalue weighted by Gasteiger charge is 2.12. The average molecular weight is 247 g/mol. The SMILES string of the molecule is CC(Nc1ccc([N+](=O)[O-])cc1N)c1ncc[nH]1. The number of nitrogens with two attached hydrogens (primary N) is 1. The number of anilines is 2. The van der Waals surface area contributed by atoms with Crippen LogP contribution < -0.4 is 11.1 Å². The lowest BCUT2D eigenvalue weighted by Crippen LogP contribution is -2.10. The largest absolute Gasteiger partial charge is 0.397 e. The third-order valence-electron chi connectivity index (χ3n) is 2.55. The van der Waals surface area contributed by atoms with Gasteiger partial charge in [-0.25, -0.2) is 4.98 Å². The van der Waals surface area contributed by atoms with Crippen LogP contribution in [0.1, 0.15) is 18.8 Å². The number of nitrogens with one attached hydrogen (secondary N) is 2. The molecule has 18 heavy (non-hydrogen) atoms. The van der Waals surface area contributed by atoms with Gasteiger partial charge in [-0.1, -0.05) is 0 Å². The molecule has 4 N–H and O–H groups in total. The summed E-state index contributed by atoms with van der Waals surface area (Å²) in [5, 5.41) is 13.7. The molecule has 1 atom stereocenters. The van der Waals surface area contributed by atoms with Crippen LogP contribution in [0.3, 0.4) is 0 Å². The van der Waals surface area contributed by atoms with Crippen molar-refractivity contribution in [1.82, 2.24) is 9.97 Å². The molecule has 0 fully saturated rings. The van der Waals surface area contributed by atoms with E-state index in [0.29, 0.717) is 11.4 Å². The third-order valence-corrected chi connectivity index (χ3v) is 2.55. The molecule has 0 aliphatic carbocycles. The highest BCUT2D eigenvalue weighted by atomic mass is 16.6. The number of H-pyrrole nitrogens is 1. The standard InChI is InChI=1S/C11H13N5O2/c1-7(11-13-4-5-14-11)15-10-3-2-8(16(17)18)6-9(10)12/h2-7,15H,12H2,1H3,(H,13,14). The molecule has 0 radical (unpaired) electrons. The van der Waals surface area contributed by atoms with E-state index in [2.05, 4.69) is 15.3 Å². The summed E-state index contributed by atoms with van der Waals surface area (Å²) in [5.74, 6) is 0.771. The number of hydrogen-bond acceptors (Lipinski definition) is 5. The van der Waals surface area contributed by atoms with E-state index in [1.54, 1.807) is 18.5 Å². The van der Waals surface area contributed by atoms with Crippen molar-refractivity contribution < 1.29 is 4.92 Å². The Morgan fingerprint density at radius 2 is 2.33 bits per heavy atom. The Morgan fingerprint density at radius 3 is 2.89 bits per heavy atom. The van der Waals surface area contributed by atoms with Crippen molar-refractivity contribution in [3.8, 4) is 0 Å². The number of benzene rings is 1. The number of nitro groups is 1. The maximum atomic E-state index is 10.6. The van der Waals surface area contributed by atoms with Gasteiger partial charge in [0.1, 0.15) is 5.82 Å². The maximum absolute atomic E-state index is 10.6. The zero-order valence-corrected chi connectivity index (χ0v) is 9.75. The molecule has 0 saturated carbocycles. The molecule has 1 aromatic carbocycles. The molecular weight excluding hydrogens is 234 g/mol. The number of nitrogens with zero attached hydrogens (tertiary/aromatic N) is 2. The summed E-state index contributed by atoms with van der Waals surface area (Å²) in [4.78, 5) is 17.2. The summed E-state index contributed by atoms with van der Waals surface area (Å²) >= 11 is 0. The lowest BCUT2D eigenvalue weighted by molar-refractivity contribution is -0.384. The molecule has 1 unspecified atom stereocenters. The van der Waals surface area contributed by atoms with Crippen molar-refractivity contribution in [2.75, 3.05) is 11.1 Å². The number of rotatable bonds is 4. The van der Waals surface area contributed by atoms with Crippen molar-refractivity contribution >= 4 is 17.1 Å². The number of hydrogen-bond donors (Lipinski definition) is 3. The fourth-order valence-electron chi connectivity index (χ4n) is 1.61. The monoisotopic (exact) mass is 247 g/mol. The van der Waals surface area contributed by atoms with Gasteiger partial charge in [-0.05, 0) is 13.0 Å². The first kappa shape index (κ1) is 11.9.